The molecule has 0 heterocycles. The molecule has 0 aromatic heterocycles. The third-order valence-corrected chi connectivity index (χ3v) is 3.11. The van der Waals surface area contributed by atoms with Gasteiger partial charge in [0.1, 0.15) is 16.0 Å². The van der Waals surface area contributed by atoms with E-state index in [1.165, 1.54) is 6.08 Å². The van der Waals surface area contributed by atoms with Crippen molar-refractivity contribution in [3.8, 4) is 11.5 Å². The molecule has 0 aliphatic heterocycles. The monoisotopic (exact) mass is 318 g/mol. The lowest BCUT2D eigenvalue weighted by Gasteiger charge is -2.10. The van der Waals surface area contributed by atoms with Crippen LogP contribution in [0.3, 0.4) is 0 Å². The summed E-state index contributed by atoms with van der Waals surface area (Å²) in [5.41, 5.74) is 0.777. The van der Waals surface area contributed by atoms with Crippen molar-refractivity contribution in [3.05, 3.63) is 28.2 Å². The molecule has 0 bridgehead atoms. The Labute approximate surface area is 113 Å². The van der Waals surface area contributed by atoms with Crippen molar-refractivity contribution >= 4 is 39.4 Å². The van der Waals surface area contributed by atoms with Crippen LogP contribution in [0.4, 0.5) is 0 Å². The summed E-state index contributed by atoms with van der Waals surface area (Å²) in [7, 11) is 3.13. The van der Waals surface area contributed by atoms with Crippen LogP contribution in [0.1, 0.15) is 5.56 Å². The number of hydrogen-bond acceptors (Lipinski definition) is 3. The molecule has 5 heteroatoms. The Morgan fingerprint density at radius 2 is 2.12 bits per heavy atom. The van der Waals surface area contributed by atoms with Gasteiger partial charge >= 0.3 is 0 Å². The Hall–Kier alpha value is -1.00. The minimum absolute atomic E-state index is 0.0316. The van der Waals surface area contributed by atoms with E-state index in [4.69, 9.17) is 21.1 Å². The Kier molecular flexibility index (Phi) is 5.51. The van der Waals surface area contributed by atoms with E-state index >= 15 is 0 Å². The maximum atomic E-state index is 11.1. The van der Waals surface area contributed by atoms with Crippen LogP contribution in [0.15, 0.2) is 22.7 Å². The standard InChI is InChI=1S/C12H12BrClO3/c1-16-10-6-4-8(3-5-9(15)7-14)12(17-2)11(10)13/h3-6H,7H2,1-2H3/b5-3+. The van der Waals surface area contributed by atoms with Crippen molar-refractivity contribution in [2.45, 2.75) is 0 Å². The number of ether oxygens (including phenoxy) is 2. The zero-order chi connectivity index (χ0) is 12.8. The fraction of sp³-hybridized carbons (Fsp3) is 0.250. The summed E-state index contributed by atoms with van der Waals surface area (Å²) in [4.78, 5) is 11.1. The molecule has 0 unspecified atom stereocenters. The van der Waals surface area contributed by atoms with Crippen molar-refractivity contribution in [2.24, 2.45) is 0 Å². The van der Waals surface area contributed by atoms with Crippen LogP contribution < -0.4 is 9.47 Å². The Morgan fingerprint density at radius 1 is 1.41 bits per heavy atom. The maximum Gasteiger partial charge on any atom is 0.170 e. The number of rotatable bonds is 5. The zero-order valence-electron chi connectivity index (χ0n) is 9.50. The van der Waals surface area contributed by atoms with Crippen molar-refractivity contribution in [2.75, 3.05) is 20.1 Å². The average molecular weight is 320 g/mol. The van der Waals surface area contributed by atoms with Crippen LogP contribution in [0.2, 0.25) is 0 Å². The highest BCUT2D eigenvalue weighted by Gasteiger charge is 2.10. The first-order chi connectivity index (χ1) is 8.13. The first-order valence-electron chi connectivity index (χ1n) is 4.81. The molecule has 92 valence electrons. The largest absolute Gasteiger partial charge is 0.495 e. The van der Waals surface area contributed by atoms with E-state index in [0.717, 1.165) is 5.56 Å². The van der Waals surface area contributed by atoms with Gasteiger partial charge in [0.15, 0.2) is 5.78 Å². The molecule has 0 fully saturated rings. The first kappa shape index (κ1) is 14.1. The molecule has 0 atom stereocenters. The highest BCUT2D eigenvalue weighted by Crippen LogP contribution is 2.37. The third kappa shape index (κ3) is 3.48. The predicted octanol–water partition coefficient (Wildman–Crippen LogP) is 3.29. The molecule has 0 spiro atoms. The minimum atomic E-state index is -0.152. The van der Waals surface area contributed by atoms with E-state index < -0.39 is 0 Å². The molecule has 17 heavy (non-hydrogen) atoms. The normalized spacial score (nSPS) is 10.6. The zero-order valence-corrected chi connectivity index (χ0v) is 11.8. The molecule has 0 saturated heterocycles. The lowest BCUT2D eigenvalue weighted by Crippen LogP contribution is -1.94. The van der Waals surface area contributed by atoms with Gasteiger partial charge < -0.3 is 9.47 Å². The lowest BCUT2D eigenvalue weighted by molar-refractivity contribution is -0.112. The van der Waals surface area contributed by atoms with Gasteiger partial charge in [-0.25, -0.2) is 0 Å². The van der Waals surface area contributed by atoms with E-state index in [2.05, 4.69) is 15.9 Å². The summed E-state index contributed by atoms with van der Waals surface area (Å²) in [5.74, 6) is 1.10. The second kappa shape index (κ2) is 6.67. The fourth-order valence-corrected chi connectivity index (χ4v) is 2.05. The van der Waals surface area contributed by atoms with Crippen molar-refractivity contribution in [1.82, 2.24) is 0 Å². The van der Waals surface area contributed by atoms with Gasteiger partial charge in [-0.1, -0.05) is 0 Å². The topological polar surface area (TPSA) is 35.5 Å². The second-order valence-corrected chi connectivity index (χ2v) is 4.20. The van der Waals surface area contributed by atoms with E-state index in [1.807, 2.05) is 0 Å². The number of hydrogen-bond donors (Lipinski definition) is 0. The van der Waals surface area contributed by atoms with Crippen LogP contribution in [0, 0.1) is 0 Å². The number of halogens is 2. The van der Waals surface area contributed by atoms with Crippen molar-refractivity contribution < 1.29 is 14.3 Å². The Morgan fingerprint density at radius 3 is 2.65 bits per heavy atom. The maximum absolute atomic E-state index is 11.1. The van der Waals surface area contributed by atoms with Gasteiger partial charge in [0.25, 0.3) is 0 Å². The van der Waals surface area contributed by atoms with Gasteiger partial charge in [-0.3, -0.25) is 4.79 Å². The summed E-state index contributed by atoms with van der Waals surface area (Å²) in [6.07, 6.45) is 3.08. The smallest absolute Gasteiger partial charge is 0.170 e. The van der Waals surface area contributed by atoms with Crippen molar-refractivity contribution in [1.29, 1.82) is 0 Å². The molecule has 0 radical (unpaired) electrons. The van der Waals surface area contributed by atoms with Crippen LogP contribution in [0.25, 0.3) is 6.08 Å². The Balaban J connectivity index is 3.13. The SMILES string of the molecule is COc1ccc(/C=C/C(=O)CCl)c(OC)c1Br. The first-order valence-corrected chi connectivity index (χ1v) is 6.14. The van der Waals surface area contributed by atoms with Gasteiger partial charge in [0.2, 0.25) is 0 Å². The number of alkyl halides is 1. The molecule has 0 aliphatic rings. The van der Waals surface area contributed by atoms with Gasteiger partial charge in [-0.2, -0.15) is 0 Å². The van der Waals surface area contributed by atoms with Crippen LogP contribution >= 0.6 is 27.5 Å². The number of allylic oxidation sites excluding steroid dienone is 1. The quantitative estimate of drug-likeness (QED) is 0.617. The summed E-state index contributed by atoms with van der Waals surface area (Å²) in [6, 6.07) is 3.60. The summed E-state index contributed by atoms with van der Waals surface area (Å²) in [5, 5.41) is 0. The van der Waals surface area contributed by atoms with Gasteiger partial charge in [-0.15, -0.1) is 11.6 Å². The highest BCUT2D eigenvalue weighted by atomic mass is 79.9. The summed E-state index contributed by atoms with van der Waals surface area (Å²) < 4.78 is 11.1. The third-order valence-electron chi connectivity index (χ3n) is 2.10. The van der Waals surface area contributed by atoms with E-state index in [-0.39, 0.29) is 11.7 Å². The highest BCUT2D eigenvalue weighted by molar-refractivity contribution is 9.10. The molecule has 3 nitrogen and oxygen atoms in total. The van der Waals surface area contributed by atoms with Gasteiger partial charge in [-0.05, 0) is 40.2 Å². The van der Waals surface area contributed by atoms with Gasteiger partial charge in [0, 0.05) is 5.56 Å². The van der Waals surface area contributed by atoms with Crippen LogP contribution in [-0.4, -0.2) is 25.9 Å². The molecule has 1 rings (SSSR count). The van der Waals surface area contributed by atoms with E-state index in [1.54, 1.807) is 32.4 Å². The molecular weight excluding hydrogens is 307 g/mol. The van der Waals surface area contributed by atoms with E-state index in [9.17, 15) is 4.79 Å². The summed E-state index contributed by atoms with van der Waals surface area (Å²) in [6.45, 7) is 0. The van der Waals surface area contributed by atoms with Gasteiger partial charge in [0.05, 0.1) is 20.1 Å². The number of carbonyl (C=O) groups is 1. The Bertz CT molecular complexity index is 444. The second-order valence-electron chi connectivity index (χ2n) is 3.14. The minimum Gasteiger partial charge on any atom is -0.495 e. The summed E-state index contributed by atoms with van der Waals surface area (Å²) >= 11 is 8.79. The van der Waals surface area contributed by atoms with E-state index in [0.29, 0.717) is 16.0 Å². The van der Waals surface area contributed by atoms with Crippen LogP contribution in [0.5, 0.6) is 11.5 Å². The number of methoxy groups -OCH3 is 2. The molecule has 1 aromatic rings. The fourth-order valence-electron chi connectivity index (χ4n) is 1.28. The molecule has 0 N–H and O–H groups in total. The number of carbonyl (C=O) groups excluding carboxylic acids is 1. The lowest BCUT2D eigenvalue weighted by atomic mass is 10.1. The predicted molar refractivity (Wildman–Crippen MR) is 72.0 cm³/mol. The number of ketones is 1. The van der Waals surface area contributed by atoms with Crippen LogP contribution in [-0.2, 0) is 4.79 Å². The molecular formula is C12H12BrClO3. The number of benzene rings is 1. The van der Waals surface area contributed by atoms with Crippen molar-refractivity contribution in [3.63, 3.8) is 0 Å². The molecule has 0 aliphatic carbocycles. The molecule has 0 saturated carbocycles. The average Bonchev–Trinajstić information content (AvgIpc) is 2.35. The molecule has 0 amide bonds. The molecule has 1 aromatic carbocycles.